The number of thiocarbonyl (C=S) groups is 1. The third-order valence-corrected chi connectivity index (χ3v) is 11.8. The van der Waals surface area contributed by atoms with Crippen LogP contribution in [0.5, 0.6) is 0 Å². The second-order valence-corrected chi connectivity index (χ2v) is 15.5. The fourth-order valence-corrected chi connectivity index (χ4v) is 8.83. The van der Waals surface area contributed by atoms with Gasteiger partial charge in [0.15, 0.2) is 10.8 Å². The summed E-state index contributed by atoms with van der Waals surface area (Å²) in [6.07, 6.45) is 8.59. The van der Waals surface area contributed by atoms with E-state index in [9.17, 15) is 19.5 Å². The first kappa shape index (κ1) is 37.9. The fraction of sp³-hybridized carbons (Fsp3) is 0.419. The maximum atomic E-state index is 14.4. The molecule has 0 aromatic heterocycles. The third-order valence-electron chi connectivity index (χ3n) is 11.4. The van der Waals surface area contributed by atoms with Crippen LogP contribution in [0.25, 0.3) is 0 Å². The van der Waals surface area contributed by atoms with Crippen LogP contribution < -0.4 is 4.90 Å². The van der Waals surface area contributed by atoms with Gasteiger partial charge in [0.05, 0.1) is 18.1 Å². The lowest BCUT2D eigenvalue weighted by Crippen LogP contribution is -2.56. The van der Waals surface area contributed by atoms with E-state index in [1.807, 2.05) is 37.6 Å². The number of hydrogen-bond acceptors (Lipinski definition) is 6. The number of rotatable bonds is 11. The molecule has 0 unspecified atom stereocenters. The SMILES string of the molecule is CCCCCCN1/C(=C/C2=C(OC)C(=C\C3=[N+](C)c4ccc(C(=O)O)cc4C3(C)C)/C2=C2C(=O)N(CC)C(=S)N(CC)C2=O)C(C)(C)c2ccccc21. The largest absolute Gasteiger partial charge is 0.495 e. The van der Waals surface area contributed by atoms with Crippen LogP contribution in [0.3, 0.4) is 0 Å². The number of ether oxygens (including phenoxy) is 1. The third kappa shape index (κ3) is 5.95. The summed E-state index contributed by atoms with van der Waals surface area (Å²) >= 11 is 5.66. The van der Waals surface area contributed by atoms with Crippen molar-refractivity contribution in [1.29, 1.82) is 0 Å². The van der Waals surface area contributed by atoms with Gasteiger partial charge in [-0.25, -0.2) is 4.79 Å². The molecule has 3 aliphatic heterocycles. The number of carbonyl (C=O) groups excluding carboxylic acids is 2. The molecule has 6 rings (SSSR count). The van der Waals surface area contributed by atoms with Crippen molar-refractivity contribution in [3.8, 4) is 0 Å². The number of carboxylic acid groups (broad SMARTS) is 1. The van der Waals surface area contributed by atoms with Crippen molar-refractivity contribution in [1.82, 2.24) is 9.80 Å². The zero-order chi connectivity index (χ0) is 38.6. The summed E-state index contributed by atoms with van der Waals surface area (Å²) in [7, 11) is 3.57. The zero-order valence-electron chi connectivity index (χ0n) is 32.4. The van der Waals surface area contributed by atoms with E-state index in [4.69, 9.17) is 17.0 Å². The van der Waals surface area contributed by atoms with Gasteiger partial charge in [0, 0.05) is 70.9 Å². The molecule has 1 aliphatic carbocycles. The number of aromatic carboxylic acids is 1. The lowest BCUT2D eigenvalue weighted by molar-refractivity contribution is -0.401. The Labute approximate surface area is 318 Å². The number of hydrogen-bond donors (Lipinski definition) is 1. The van der Waals surface area contributed by atoms with Gasteiger partial charge < -0.3 is 14.7 Å². The van der Waals surface area contributed by atoms with Crippen molar-refractivity contribution in [2.45, 2.75) is 85.0 Å². The monoisotopic (exact) mass is 735 g/mol. The Morgan fingerprint density at radius 1 is 0.868 bits per heavy atom. The van der Waals surface area contributed by atoms with E-state index in [0.29, 0.717) is 35.6 Å². The first-order valence-corrected chi connectivity index (χ1v) is 19.1. The van der Waals surface area contributed by atoms with Gasteiger partial charge in [-0.1, -0.05) is 58.2 Å². The van der Waals surface area contributed by atoms with E-state index in [0.717, 1.165) is 54.2 Å². The number of benzene rings is 2. The van der Waals surface area contributed by atoms with Gasteiger partial charge in [-0.3, -0.25) is 19.4 Å². The normalized spacial score (nSPS) is 20.6. The van der Waals surface area contributed by atoms with Crippen LogP contribution in [-0.2, 0) is 25.2 Å². The number of carbonyl (C=O) groups is 3. The number of methoxy groups -OCH3 is 1. The number of fused-ring (bicyclic) bond motifs is 2. The highest BCUT2D eigenvalue weighted by Crippen LogP contribution is 2.52. The average Bonchev–Trinajstić information content (AvgIpc) is 3.45. The summed E-state index contributed by atoms with van der Waals surface area (Å²) in [4.78, 5) is 46.2. The van der Waals surface area contributed by atoms with Crippen molar-refractivity contribution in [3.05, 3.63) is 105 Å². The molecular weight excluding hydrogens is 685 g/mol. The lowest BCUT2D eigenvalue weighted by Gasteiger charge is -2.39. The van der Waals surface area contributed by atoms with Crippen LogP contribution in [0.15, 0.2) is 88.4 Å². The number of para-hydroxylation sites is 1. The van der Waals surface area contributed by atoms with E-state index in [-0.39, 0.29) is 21.7 Å². The molecule has 4 aliphatic rings. The highest BCUT2D eigenvalue weighted by molar-refractivity contribution is 7.80. The van der Waals surface area contributed by atoms with Gasteiger partial charge >= 0.3 is 5.97 Å². The number of amides is 2. The Bertz CT molecular complexity index is 2070. The van der Waals surface area contributed by atoms with Crippen molar-refractivity contribution in [2.75, 3.05) is 38.7 Å². The first-order valence-electron chi connectivity index (χ1n) is 18.7. The molecule has 2 aromatic carbocycles. The van der Waals surface area contributed by atoms with Crippen molar-refractivity contribution in [3.63, 3.8) is 0 Å². The summed E-state index contributed by atoms with van der Waals surface area (Å²) in [5, 5.41) is 9.99. The molecule has 0 saturated carbocycles. The molecule has 0 atom stereocenters. The molecule has 0 bridgehead atoms. The predicted octanol–water partition coefficient (Wildman–Crippen LogP) is 7.79. The number of unbranched alkanes of at least 4 members (excludes halogenated alkanes) is 3. The number of carboxylic acids is 1. The maximum Gasteiger partial charge on any atom is 0.335 e. The van der Waals surface area contributed by atoms with Gasteiger partial charge in [0.1, 0.15) is 18.4 Å². The molecule has 0 spiro atoms. The standard InChI is InChI=1S/C43H50N4O5S/c1-10-13-14-17-22-47-32-19-16-15-18-29(32)42(4,5)34(47)25-28-35(36-38(48)45(11-2)41(53)46(12-3)39(36)49)27(37(28)52-9)24-33-43(6,7)30-23-26(40(50)51)20-21-31(30)44(33)8/h15-16,18-21,23-25H,10-14,17,22H2,1-9H3/p+1. The molecular formula is C43H51N4O5S+. The summed E-state index contributed by atoms with van der Waals surface area (Å²) in [6.45, 7) is 16.0. The predicted molar refractivity (Wildman–Crippen MR) is 213 cm³/mol. The van der Waals surface area contributed by atoms with Crippen molar-refractivity contribution >= 4 is 52.2 Å². The number of allylic oxidation sites excluding steroid dienone is 5. The molecule has 2 amide bonds. The van der Waals surface area contributed by atoms with Crippen LogP contribution >= 0.6 is 12.2 Å². The molecule has 10 heteroatoms. The quantitative estimate of drug-likeness (QED) is 0.0829. The number of likely N-dealkylation sites (N-methyl/N-ethyl adjacent to an activating group) is 2. The van der Waals surface area contributed by atoms with Gasteiger partial charge in [0.2, 0.25) is 5.69 Å². The minimum absolute atomic E-state index is 0.0637. The Morgan fingerprint density at radius 2 is 1.53 bits per heavy atom. The molecule has 0 radical (unpaired) electrons. The van der Waals surface area contributed by atoms with Gasteiger partial charge in [-0.05, 0) is 76.2 Å². The summed E-state index contributed by atoms with van der Waals surface area (Å²) in [5.74, 6) is -1.27. The van der Waals surface area contributed by atoms with Crippen LogP contribution in [-0.4, -0.2) is 81.9 Å². The van der Waals surface area contributed by atoms with Crippen molar-refractivity contribution in [2.24, 2.45) is 0 Å². The average molecular weight is 736 g/mol. The summed E-state index contributed by atoms with van der Waals surface area (Å²) in [6, 6.07) is 13.7. The summed E-state index contributed by atoms with van der Waals surface area (Å²) < 4.78 is 8.25. The van der Waals surface area contributed by atoms with Crippen LogP contribution in [0.1, 0.15) is 95.6 Å². The lowest BCUT2D eigenvalue weighted by atomic mass is 9.73. The molecule has 1 N–H and O–H groups in total. The first-order chi connectivity index (χ1) is 25.2. The molecule has 2 aromatic rings. The highest BCUT2D eigenvalue weighted by atomic mass is 32.1. The number of nitrogens with zero attached hydrogens (tertiary/aromatic N) is 4. The topological polar surface area (TPSA) is 93.4 Å². The maximum absolute atomic E-state index is 14.4. The molecule has 278 valence electrons. The molecule has 53 heavy (non-hydrogen) atoms. The van der Waals surface area contributed by atoms with E-state index in [1.165, 1.54) is 21.8 Å². The second kappa shape index (κ2) is 14.2. The van der Waals surface area contributed by atoms with E-state index in [2.05, 4.69) is 69.9 Å². The zero-order valence-corrected chi connectivity index (χ0v) is 33.2. The van der Waals surface area contributed by atoms with Crippen LogP contribution in [0.2, 0.25) is 0 Å². The van der Waals surface area contributed by atoms with Gasteiger partial charge in [-0.2, -0.15) is 4.58 Å². The van der Waals surface area contributed by atoms with Crippen LogP contribution in [0.4, 0.5) is 11.4 Å². The van der Waals surface area contributed by atoms with E-state index >= 15 is 0 Å². The van der Waals surface area contributed by atoms with Gasteiger partial charge in [0.25, 0.3) is 11.8 Å². The minimum Gasteiger partial charge on any atom is -0.495 e. The highest BCUT2D eigenvalue weighted by Gasteiger charge is 2.49. The second-order valence-electron chi connectivity index (χ2n) is 15.1. The smallest absolute Gasteiger partial charge is 0.335 e. The molecule has 1 saturated heterocycles. The Balaban J connectivity index is 1.61. The van der Waals surface area contributed by atoms with E-state index < -0.39 is 23.2 Å². The molecule has 3 heterocycles. The summed E-state index contributed by atoms with van der Waals surface area (Å²) in [5.41, 5.74) is 7.25. The number of anilines is 1. The van der Waals surface area contributed by atoms with Crippen molar-refractivity contribution < 1.29 is 28.8 Å². The fourth-order valence-electron chi connectivity index (χ4n) is 8.41. The molecule has 9 nitrogen and oxygen atoms in total. The Morgan fingerprint density at radius 3 is 2.13 bits per heavy atom. The Hall–Kier alpha value is -4.83. The minimum atomic E-state index is -0.990. The van der Waals surface area contributed by atoms with E-state index in [1.54, 1.807) is 19.2 Å². The van der Waals surface area contributed by atoms with Gasteiger partial charge in [-0.15, -0.1) is 0 Å². The Kier molecular flexibility index (Phi) is 10.2. The molecule has 1 fully saturated rings. The van der Waals surface area contributed by atoms with Crippen LogP contribution in [0, 0.1) is 0 Å².